The quantitative estimate of drug-likeness (QED) is 0.218. The molecule has 1 heterocycles. The van der Waals surface area contributed by atoms with Gasteiger partial charge in [0.05, 0.1) is 5.41 Å². The van der Waals surface area contributed by atoms with Crippen molar-refractivity contribution in [2.75, 3.05) is 4.90 Å². The lowest BCUT2D eigenvalue weighted by Gasteiger charge is -2.31. The summed E-state index contributed by atoms with van der Waals surface area (Å²) in [6.07, 6.45) is 9.40. The van der Waals surface area contributed by atoms with E-state index >= 15 is 0 Å². The van der Waals surface area contributed by atoms with Crippen LogP contribution in [0.4, 0.5) is 11.4 Å². The largest absolute Gasteiger partial charge is 0.311 e. The molecule has 0 atom stereocenters. The van der Waals surface area contributed by atoms with Crippen LogP contribution in [-0.4, -0.2) is 0 Å². The molecule has 3 aliphatic rings. The molecule has 1 nitrogen and oxygen atoms in total. The highest BCUT2D eigenvalue weighted by Crippen LogP contribution is 2.63. The van der Waals surface area contributed by atoms with Gasteiger partial charge in [0.15, 0.2) is 0 Å². The van der Waals surface area contributed by atoms with Crippen LogP contribution in [0.2, 0.25) is 0 Å². The average molecular weight is 498 g/mol. The van der Waals surface area contributed by atoms with Crippen LogP contribution < -0.4 is 4.90 Å². The number of nitrogens with zero attached hydrogens (tertiary/aromatic N) is 1. The van der Waals surface area contributed by atoms with E-state index in [-0.39, 0.29) is 5.41 Å². The molecule has 1 aliphatic heterocycles. The highest BCUT2D eigenvalue weighted by Gasteiger charge is 2.51. The number of fused-ring (bicyclic) bond motifs is 11. The first-order valence-electron chi connectivity index (χ1n) is 13.6. The number of anilines is 2. The lowest BCUT2D eigenvalue weighted by atomic mass is 9.70. The summed E-state index contributed by atoms with van der Waals surface area (Å²) in [5, 5.41) is 0. The minimum absolute atomic E-state index is 0.315. The third-order valence-corrected chi connectivity index (χ3v) is 8.63. The number of rotatable bonds is 1. The molecule has 0 bridgehead atoms. The Bertz CT molecular complexity index is 1820. The zero-order chi connectivity index (χ0) is 26.0. The van der Waals surface area contributed by atoms with Crippen molar-refractivity contribution in [3.05, 3.63) is 180 Å². The fourth-order valence-corrected chi connectivity index (χ4v) is 7.10. The second-order valence-electron chi connectivity index (χ2n) is 10.6. The van der Waals surface area contributed by atoms with Crippen LogP contribution in [0.3, 0.4) is 0 Å². The average Bonchev–Trinajstić information content (AvgIpc) is 3.47. The zero-order valence-electron chi connectivity index (χ0n) is 21.6. The minimum atomic E-state index is -0.315. The van der Waals surface area contributed by atoms with Gasteiger partial charge in [0, 0.05) is 17.1 Å². The number of hydrogen-bond donors (Lipinski definition) is 0. The van der Waals surface area contributed by atoms with Crippen molar-refractivity contribution in [2.24, 2.45) is 0 Å². The SMILES string of the molecule is C=C1/C=C\C=C/Cc2ccccc2N1c1ccc2c(c1)-c1ccccc1C21c2ccccc2-c2ccccc21. The maximum absolute atomic E-state index is 4.49. The predicted molar refractivity (Wildman–Crippen MR) is 162 cm³/mol. The molecule has 0 fully saturated rings. The topological polar surface area (TPSA) is 3.24 Å². The van der Waals surface area contributed by atoms with Crippen molar-refractivity contribution < 1.29 is 0 Å². The first-order valence-corrected chi connectivity index (χ1v) is 13.6. The van der Waals surface area contributed by atoms with Gasteiger partial charge in [-0.15, -0.1) is 0 Å². The second kappa shape index (κ2) is 8.31. The third kappa shape index (κ3) is 2.96. The number of para-hydroxylation sites is 1. The van der Waals surface area contributed by atoms with E-state index in [0.29, 0.717) is 0 Å². The maximum Gasteiger partial charge on any atom is 0.0725 e. The van der Waals surface area contributed by atoms with E-state index in [9.17, 15) is 0 Å². The summed E-state index contributed by atoms with van der Waals surface area (Å²) in [6, 6.07) is 42.6. The van der Waals surface area contributed by atoms with Crippen LogP contribution in [-0.2, 0) is 11.8 Å². The zero-order valence-corrected chi connectivity index (χ0v) is 21.6. The Labute approximate surface area is 229 Å². The molecule has 0 amide bonds. The minimum Gasteiger partial charge on any atom is -0.311 e. The van der Waals surface area contributed by atoms with Crippen molar-refractivity contribution in [1.29, 1.82) is 0 Å². The van der Waals surface area contributed by atoms with Gasteiger partial charge in [0.1, 0.15) is 0 Å². The molecule has 1 heteroatoms. The highest BCUT2D eigenvalue weighted by atomic mass is 15.1. The summed E-state index contributed by atoms with van der Waals surface area (Å²) in [5.74, 6) is 0. The van der Waals surface area contributed by atoms with E-state index in [1.54, 1.807) is 0 Å². The van der Waals surface area contributed by atoms with E-state index in [0.717, 1.165) is 17.8 Å². The van der Waals surface area contributed by atoms with E-state index in [4.69, 9.17) is 0 Å². The summed E-state index contributed by atoms with van der Waals surface area (Å²) < 4.78 is 0. The monoisotopic (exact) mass is 497 g/mol. The maximum atomic E-state index is 4.49. The first kappa shape index (κ1) is 22.1. The van der Waals surface area contributed by atoms with Crippen LogP contribution >= 0.6 is 0 Å². The Hall–Kier alpha value is -4.88. The molecule has 0 unspecified atom stereocenters. The van der Waals surface area contributed by atoms with E-state index < -0.39 is 0 Å². The Morgan fingerprint density at radius 1 is 0.564 bits per heavy atom. The summed E-state index contributed by atoms with van der Waals surface area (Å²) in [4.78, 5) is 2.31. The molecule has 0 saturated carbocycles. The molecule has 39 heavy (non-hydrogen) atoms. The van der Waals surface area contributed by atoms with Gasteiger partial charge >= 0.3 is 0 Å². The van der Waals surface area contributed by atoms with E-state index in [1.807, 2.05) is 0 Å². The van der Waals surface area contributed by atoms with Gasteiger partial charge in [0.2, 0.25) is 0 Å². The van der Waals surface area contributed by atoms with Crippen molar-refractivity contribution in [2.45, 2.75) is 11.8 Å². The van der Waals surface area contributed by atoms with Gasteiger partial charge in [0.25, 0.3) is 0 Å². The summed E-state index contributed by atoms with van der Waals surface area (Å²) >= 11 is 0. The Morgan fingerprint density at radius 2 is 1.13 bits per heavy atom. The van der Waals surface area contributed by atoms with Crippen LogP contribution in [0.25, 0.3) is 22.3 Å². The van der Waals surface area contributed by atoms with Crippen molar-refractivity contribution in [3.63, 3.8) is 0 Å². The molecule has 184 valence electrons. The van der Waals surface area contributed by atoms with Gasteiger partial charge in [-0.3, -0.25) is 0 Å². The second-order valence-corrected chi connectivity index (χ2v) is 10.6. The van der Waals surface area contributed by atoms with Crippen molar-refractivity contribution in [3.8, 4) is 22.3 Å². The number of allylic oxidation sites excluding steroid dienone is 4. The molecule has 1 spiro atoms. The third-order valence-electron chi connectivity index (χ3n) is 8.63. The molecule has 0 N–H and O–H groups in total. The van der Waals surface area contributed by atoms with Gasteiger partial charge in [-0.25, -0.2) is 0 Å². The lowest BCUT2D eigenvalue weighted by molar-refractivity contribution is 0.793. The first-order chi connectivity index (χ1) is 19.3. The molecule has 2 aliphatic carbocycles. The normalized spacial score (nSPS) is 17.2. The molecular weight excluding hydrogens is 470 g/mol. The summed E-state index contributed by atoms with van der Waals surface area (Å²) in [6.45, 7) is 4.49. The predicted octanol–water partition coefficient (Wildman–Crippen LogP) is 9.35. The molecule has 0 aromatic heterocycles. The van der Waals surface area contributed by atoms with Gasteiger partial charge in [-0.05, 0) is 80.8 Å². The summed E-state index contributed by atoms with van der Waals surface area (Å²) in [5.41, 5.74) is 15.0. The fourth-order valence-electron chi connectivity index (χ4n) is 7.10. The number of benzene rings is 5. The molecule has 5 aromatic rings. The molecule has 0 saturated heterocycles. The van der Waals surface area contributed by atoms with Crippen molar-refractivity contribution >= 4 is 11.4 Å². The van der Waals surface area contributed by atoms with Crippen LogP contribution in [0.5, 0.6) is 0 Å². The lowest BCUT2D eigenvalue weighted by Crippen LogP contribution is -2.25. The smallest absolute Gasteiger partial charge is 0.0725 e. The van der Waals surface area contributed by atoms with Crippen LogP contribution in [0.15, 0.2) is 152 Å². The molecule has 8 rings (SSSR count). The van der Waals surface area contributed by atoms with Gasteiger partial charge in [-0.2, -0.15) is 0 Å². The highest BCUT2D eigenvalue weighted by molar-refractivity contribution is 5.96. The Kier molecular flexibility index (Phi) is 4.72. The molecule has 5 aromatic carbocycles. The van der Waals surface area contributed by atoms with E-state index in [2.05, 4.69) is 151 Å². The fraction of sp³-hybridized carbons (Fsp3) is 0.0526. The van der Waals surface area contributed by atoms with Gasteiger partial charge < -0.3 is 4.90 Å². The number of hydrogen-bond acceptors (Lipinski definition) is 1. The van der Waals surface area contributed by atoms with E-state index in [1.165, 1.54) is 55.8 Å². The van der Waals surface area contributed by atoms with Crippen LogP contribution in [0.1, 0.15) is 27.8 Å². The Balaban J connectivity index is 1.41. The molecule has 0 radical (unpaired) electrons. The van der Waals surface area contributed by atoms with Gasteiger partial charge in [-0.1, -0.05) is 122 Å². The van der Waals surface area contributed by atoms with Crippen molar-refractivity contribution in [1.82, 2.24) is 0 Å². The standard InChI is InChI=1S/C38H27N/c1-26-13-3-2-4-14-27-15-5-12-22-37(27)39(26)28-23-24-36-32(25-28)31-18-8-11-21-35(31)38(36)33-19-9-6-16-29(33)30-17-7-10-20-34(30)38/h2-13,15-25H,1,14H2/b4-2-,13-3-. The Morgan fingerprint density at radius 3 is 1.82 bits per heavy atom. The molecular formula is C38H27N. The summed E-state index contributed by atoms with van der Waals surface area (Å²) in [7, 11) is 0. The van der Waals surface area contributed by atoms with Crippen LogP contribution in [0, 0.1) is 0 Å².